The molecule has 4 rings (SSSR count). The molecule has 9 heteroatoms. The molecular formula is C20H18N4O3S2. The van der Waals surface area contributed by atoms with E-state index in [0.717, 1.165) is 16.5 Å². The Balaban J connectivity index is 1.76. The van der Waals surface area contributed by atoms with Gasteiger partial charge in [0.2, 0.25) is 0 Å². The number of hydrogen-bond acceptors (Lipinski definition) is 6. The molecule has 4 aromatic rings. The number of para-hydroxylation sites is 1. The Bertz CT molecular complexity index is 1230. The van der Waals surface area contributed by atoms with Gasteiger partial charge in [-0.3, -0.25) is 14.4 Å². The smallest absolute Gasteiger partial charge is 0.261 e. The van der Waals surface area contributed by atoms with Gasteiger partial charge in [0.05, 0.1) is 27.2 Å². The highest BCUT2D eigenvalue weighted by Gasteiger charge is 2.26. The monoisotopic (exact) mass is 426 g/mol. The molecule has 148 valence electrons. The minimum Gasteiger partial charge on any atom is -0.282 e. The molecule has 1 amide bonds. The van der Waals surface area contributed by atoms with Crippen LogP contribution in [-0.4, -0.2) is 41.9 Å². The summed E-state index contributed by atoms with van der Waals surface area (Å²) in [5, 5.41) is 4.70. The molecule has 0 N–H and O–H groups in total. The zero-order valence-electron chi connectivity index (χ0n) is 15.6. The van der Waals surface area contributed by atoms with Crippen LogP contribution in [0.1, 0.15) is 10.4 Å². The normalized spacial score (nSPS) is 11.6. The SMILES string of the molecule is CS(=O)(=O)c1ccccc1C(=O)N(CCn1cccn1)c1nc2ccccc2s1. The average molecular weight is 427 g/mol. The van der Waals surface area contributed by atoms with Crippen LogP contribution >= 0.6 is 11.3 Å². The highest BCUT2D eigenvalue weighted by molar-refractivity contribution is 7.90. The fourth-order valence-electron chi connectivity index (χ4n) is 3.01. The molecule has 0 aliphatic heterocycles. The molecular weight excluding hydrogens is 408 g/mol. The van der Waals surface area contributed by atoms with Crippen LogP contribution in [0, 0.1) is 0 Å². The van der Waals surface area contributed by atoms with Crippen LogP contribution in [0.3, 0.4) is 0 Å². The first-order valence-electron chi connectivity index (χ1n) is 8.87. The Morgan fingerprint density at radius 2 is 1.86 bits per heavy atom. The van der Waals surface area contributed by atoms with Crippen molar-refractivity contribution in [2.45, 2.75) is 11.4 Å². The number of nitrogens with zero attached hydrogens (tertiary/aromatic N) is 4. The standard InChI is InChI=1S/C20H18N4O3S2/c1-29(26,27)18-10-5-2-7-15(18)19(25)24(14-13-23-12-6-11-21-23)20-22-16-8-3-4-9-17(16)28-20/h2-12H,13-14H2,1H3. The van der Waals surface area contributed by atoms with Crippen molar-refractivity contribution in [1.82, 2.24) is 14.8 Å². The number of hydrogen-bond donors (Lipinski definition) is 0. The Labute approximate surface area is 172 Å². The van der Waals surface area contributed by atoms with Crippen LogP contribution in [0.5, 0.6) is 0 Å². The van der Waals surface area contributed by atoms with E-state index >= 15 is 0 Å². The van der Waals surface area contributed by atoms with E-state index in [0.29, 0.717) is 18.2 Å². The Morgan fingerprint density at radius 3 is 2.59 bits per heavy atom. The van der Waals surface area contributed by atoms with Gasteiger partial charge < -0.3 is 0 Å². The van der Waals surface area contributed by atoms with E-state index in [1.165, 1.54) is 28.4 Å². The third-order valence-electron chi connectivity index (χ3n) is 4.39. The highest BCUT2D eigenvalue weighted by Crippen LogP contribution is 2.30. The second-order valence-corrected chi connectivity index (χ2v) is 9.45. The van der Waals surface area contributed by atoms with Crippen LogP contribution < -0.4 is 4.90 Å². The fourth-order valence-corrected chi connectivity index (χ4v) is 4.88. The molecule has 0 aliphatic rings. The lowest BCUT2D eigenvalue weighted by atomic mass is 10.2. The van der Waals surface area contributed by atoms with Gasteiger partial charge in [-0.1, -0.05) is 35.6 Å². The van der Waals surface area contributed by atoms with Crippen molar-refractivity contribution in [1.29, 1.82) is 0 Å². The number of carbonyl (C=O) groups excluding carboxylic acids is 1. The average Bonchev–Trinajstić information content (AvgIpc) is 3.37. The summed E-state index contributed by atoms with van der Waals surface area (Å²) in [4.78, 5) is 19.6. The van der Waals surface area contributed by atoms with Gasteiger partial charge in [-0.2, -0.15) is 5.10 Å². The van der Waals surface area contributed by atoms with Crippen molar-refractivity contribution >= 4 is 42.4 Å². The first-order valence-corrected chi connectivity index (χ1v) is 11.6. The molecule has 0 fully saturated rings. The third kappa shape index (κ3) is 4.06. The zero-order chi connectivity index (χ0) is 20.4. The van der Waals surface area contributed by atoms with Crippen LogP contribution in [0.15, 0.2) is 71.9 Å². The highest BCUT2D eigenvalue weighted by atomic mass is 32.2. The van der Waals surface area contributed by atoms with E-state index in [1.807, 2.05) is 36.5 Å². The number of sulfone groups is 1. The molecule has 2 heterocycles. The predicted molar refractivity (Wildman–Crippen MR) is 113 cm³/mol. The molecule has 29 heavy (non-hydrogen) atoms. The Morgan fingerprint density at radius 1 is 1.10 bits per heavy atom. The molecule has 0 radical (unpaired) electrons. The molecule has 0 unspecified atom stereocenters. The van der Waals surface area contributed by atoms with Crippen molar-refractivity contribution in [3.8, 4) is 0 Å². The zero-order valence-corrected chi connectivity index (χ0v) is 17.2. The lowest BCUT2D eigenvalue weighted by molar-refractivity contribution is 0.0982. The lowest BCUT2D eigenvalue weighted by Gasteiger charge is -2.21. The Kier molecular flexibility index (Phi) is 5.16. The molecule has 0 atom stereocenters. The van der Waals surface area contributed by atoms with E-state index in [1.54, 1.807) is 23.0 Å². The summed E-state index contributed by atoms with van der Waals surface area (Å²) in [7, 11) is -3.56. The van der Waals surface area contributed by atoms with Crippen molar-refractivity contribution < 1.29 is 13.2 Å². The molecule has 0 bridgehead atoms. The van der Waals surface area contributed by atoms with Gasteiger partial charge in [-0.15, -0.1) is 0 Å². The quantitative estimate of drug-likeness (QED) is 0.472. The van der Waals surface area contributed by atoms with Gasteiger partial charge in [0.25, 0.3) is 5.91 Å². The maximum absolute atomic E-state index is 13.4. The number of thiazole rings is 1. The number of amides is 1. The molecule has 0 aliphatic carbocycles. The fraction of sp³-hybridized carbons (Fsp3) is 0.150. The van der Waals surface area contributed by atoms with E-state index in [9.17, 15) is 13.2 Å². The number of aromatic nitrogens is 3. The predicted octanol–water partition coefficient (Wildman–Crippen LogP) is 3.24. The van der Waals surface area contributed by atoms with Crippen LogP contribution in [-0.2, 0) is 16.4 Å². The molecule has 0 saturated carbocycles. The van der Waals surface area contributed by atoms with E-state index in [4.69, 9.17) is 0 Å². The van der Waals surface area contributed by atoms with Gasteiger partial charge in [0.15, 0.2) is 15.0 Å². The number of fused-ring (bicyclic) bond motifs is 1. The van der Waals surface area contributed by atoms with Crippen molar-refractivity contribution in [3.05, 3.63) is 72.6 Å². The van der Waals surface area contributed by atoms with Gasteiger partial charge in [0, 0.05) is 25.2 Å². The topological polar surface area (TPSA) is 85.2 Å². The number of anilines is 1. The summed E-state index contributed by atoms with van der Waals surface area (Å²) in [5.41, 5.74) is 0.926. The largest absolute Gasteiger partial charge is 0.282 e. The van der Waals surface area contributed by atoms with Gasteiger partial charge in [-0.25, -0.2) is 13.4 Å². The minimum atomic E-state index is -3.56. The summed E-state index contributed by atoms with van der Waals surface area (Å²) < 4.78 is 27.1. The summed E-state index contributed by atoms with van der Waals surface area (Å²) in [6, 6.07) is 15.7. The second-order valence-electron chi connectivity index (χ2n) is 6.46. The first-order chi connectivity index (χ1) is 13.9. The molecule has 0 spiro atoms. The minimum absolute atomic E-state index is 0.00944. The maximum atomic E-state index is 13.4. The van der Waals surface area contributed by atoms with Crippen LogP contribution in [0.4, 0.5) is 5.13 Å². The molecule has 7 nitrogen and oxygen atoms in total. The van der Waals surface area contributed by atoms with Gasteiger partial charge >= 0.3 is 0 Å². The summed E-state index contributed by atoms with van der Waals surface area (Å²) >= 11 is 1.39. The molecule has 2 aromatic heterocycles. The third-order valence-corrected chi connectivity index (χ3v) is 6.60. The maximum Gasteiger partial charge on any atom is 0.261 e. The Hall–Kier alpha value is -3.04. The molecule has 0 saturated heterocycles. The van der Waals surface area contributed by atoms with Gasteiger partial charge in [-0.05, 0) is 30.3 Å². The second kappa shape index (κ2) is 7.76. The van der Waals surface area contributed by atoms with Crippen molar-refractivity contribution in [2.75, 3.05) is 17.7 Å². The summed E-state index contributed by atoms with van der Waals surface area (Å²) in [6.07, 6.45) is 4.58. The van der Waals surface area contributed by atoms with E-state index < -0.39 is 15.7 Å². The number of benzene rings is 2. The van der Waals surface area contributed by atoms with E-state index in [-0.39, 0.29) is 10.5 Å². The molecule has 2 aromatic carbocycles. The van der Waals surface area contributed by atoms with Crippen LogP contribution in [0.2, 0.25) is 0 Å². The van der Waals surface area contributed by atoms with Crippen molar-refractivity contribution in [2.24, 2.45) is 0 Å². The van der Waals surface area contributed by atoms with Crippen LogP contribution in [0.25, 0.3) is 10.2 Å². The number of carbonyl (C=O) groups is 1. The number of rotatable bonds is 6. The van der Waals surface area contributed by atoms with Gasteiger partial charge in [0.1, 0.15) is 0 Å². The van der Waals surface area contributed by atoms with Crippen molar-refractivity contribution in [3.63, 3.8) is 0 Å². The van der Waals surface area contributed by atoms with E-state index in [2.05, 4.69) is 10.1 Å². The summed E-state index contributed by atoms with van der Waals surface area (Å²) in [5.74, 6) is -0.405. The first kappa shape index (κ1) is 19.3. The lowest BCUT2D eigenvalue weighted by Crippen LogP contribution is -2.34. The summed E-state index contributed by atoms with van der Waals surface area (Å²) in [6.45, 7) is 0.758.